The maximum absolute atomic E-state index is 12.6. The molecule has 0 unspecified atom stereocenters. The highest BCUT2D eigenvalue weighted by atomic mass is 35.5. The van der Waals surface area contributed by atoms with E-state index in [1.165, 1.54) is 4.68 Å². The molecule has 0 fully saturated rings. The molecule has 162 valence electrons. The molecule has 0 bridgehead atoms. The van der Waals surface area contributed by atoms with Gasteiger partial charge in [-0.25, -0.2) is 0 Å². The van der Waals surface area contributed by atoms with Crippen molar-refractivity contribution in [3.8, 4) is 5.69 Å². The first-order chi connectivity index (χ1) is 15.0. The number of aromatic nitrogens is 4. The predicted molar refractivity (Wildman–Crippen MR) is 118 cm³/mol. The monoisotopic (exact) mass is 479 g/mol. The van der Waals surface area contributed by atoms with E-state index in [2.05, 4.69) is 20.8 Å². The summed E-state index contributed by atoms with van der Waals surface area (Å²) in [4.78, 5) is 24.7. The largest absolute Gasteiger partial charge is 0.466 e. The van der Waals surface area contributed by atoms with Gasteiger partial charge >= 0.3 is 5.97 Å². The summed E-state index contributed by atoms with van der Waals surface area (Å²) < 4.78 is 6.54. The van der Waals surface area contributed by atoms with Crippen molar-refractivity contribution in [3.63, 3.8) is 0 Å². The summed E-state index contributed by atoms with van der Waals surface area (Å²) in [7, 11) is 0. The Bertz CT molecular complexity index is 1050. The third-order valence-corrected chi connectivity index (χ3v) is 5.65. The number of halogens is 2. The molecular weight excluding hydrogens is 461 g/mol. The van der Waals surface area contributed by atoms with Gasteiger partial charge in [0, 0.05) is 10.0 Å². The first-order valence-electron chi connectivity index (χ1n) is 9.34. The number of carbonyl (C=O) groups is 2. The topological polar surface area (TPSA) is 99.0 Å². The van der Waals surface area contributed by atoms with Crippen LogP contribution >= 0.6 is 35.0 Å². The van der Waals surface area contributed by atoms with Crippen LogP contribution in [0.2, 0.25) is 10.0 Å². The molecule has 1 heterocycles. The molecule has 0 aliphatic heterocycles. The van der Waals surface area contributed by atoms with E-state index < -0.39 is 12.0 Å². The summed E-state index contributed by atoms with van der Waals surface area (Å²) in [6, 6.07) is 13.4. The van der Waals surface area contributed by atoms with Crippen LogP contribution in [0, 0.1) is 0 Å². The molecule has 1 atom stereocenters. The molecule has 8 nitrogen and oxygen atoms in total. The fraction of sp³-hybridized carbons (Fsp3) is 0.250. The van der Waals surface area contributed by atoms with Crippen molar-refractivity contribution in [2.45, 2.75) is 24.5 Å². The van der Waals surface area contributed by atoms with Gasteiger partial charge in [-0.05, 0) is 53.2 Å². The molecule has 0 saturated carbocycles. The summed E-state index contributed by atoms with van der Waals surface area (Å²) >= 11 is 13.4. The highest BCUT2D eigenvalue weighted by Gasteiger charge is 2.22. The Morgan fingerprint density at radius 3 is 2.61 bits per heavy atom. The fourth-order valence-electron chi connectivity index (χ4n) is 2.76. The number of thioether (sulfide) groups is 1. The molecule has 0 aliphatic carbocycles. The van der Waals surface area contributed by atoms with Crippen LogP contribution in [0.1, 0.15) is 24.9 Å². The lowest BCUT2D eigenvalue weighted by Gasteiger charge is -2.19. The predicted octanol–water partition coefficient (Wildman–Crippen LogP) is 3.87. The molecule has 1 N–H and O–H groups in total. The molecule has 0 aliphatic rings. The summed E-state index contributed by atoms with van der Waals surface area (Å²) in [5.41, 5.74) is 1.36. The molecule has 3 aromatic rings. The highest BCUT2D eigenvalue weighted by molar-refractivity contribution is 7.99. The molecule has 3 rings (SSSR count). The van der Waals surface area contributed by atoms with E-state index in [1.54, 1.807) is 55.5 Å². The van der Waals surface area contributed by atoms with Crippen LogP contribution in [-0.4, -0.2) is 44.4 Å². The van der Waals surface area contributed by atoms with E-state index >= 15 is 0 Å². The zero-order valence-electron chi connectivity index (χ0n) is 16.5. The second-order valence-electron chi connectivity index (χ2n) is 6.29. The minimum absolute atomic E-state index is 0.0313. The lowest BCUT2D eigenvalue weighted by atomic mass is 10.0. The number of rotatable bonds is 9. The summed E-state index contributed by atoms with van der Waals surface area (Å²) in [5, 5.41) is 15.9. The van der Waals surface area contributed by atoms with Gasteiger partial charge in [-0.1, -0.05) is 53.2 Å². The quantitative estimate of drug-likeness (QED) is 0.367. The minimum atomic E-state index is -0.617. The van der Waals surface area contributed by atoms with Crippen LogP contribution in [0.3, 0.4) is 0 Å². The Morgan fingerprint density at radius 2 is 1.90 bits per heavy atom. The summed E-state index contributed by atoms with van der Waals surface area (Å²) in [6.45, 7) is 1.98. The van der Waals surface area contributed by atoms with Crippen molar-refractivity contribution in [2.24, 2.45) is 0 Å². The van der Waals surface area contributed by atoms with E-state index in [0.29, 0.717) is 26.5 Å². The molecular formula is C20H19Cl2N5O3S. The molecule has 0 spiro atoms. The van der Waals surface area contributed by atoms with Crippen LogP contribution in [-0.2, 0) is 14.3 Å². The number of esters is 1. The van der Waals surface area contributed by atoms with Gasteiger partial charge in [0.2, 0.25) is 11.1 Å². The van der Waals surface area contributed by atoms with Crippen molar-refractivity contribution in [2.75, 3.05) is 12.4 Å². The zero-order chi connectivity index (χ0) is 22.2. The second kappa shape index (κ2) is 11.1. The van der Waals surface area contributed by atoms with E-state index in [-0.39, 0.29) is 24.7 Å². The number of hydrogen-bond acceptors (Lipinski definition) is 7. The fourth-order valence-corrected chi connectivity index (χ4v) is 3.86. The van der Waals surface area contributed by atoms with Crippen LogP contribution in [0.5, 0.6) is 0 Å². The van der Waals surface area contributed by atoms with Crippen molar-refractivity contribution >= 4 is 46.8 Å². The standard InChI is InChI=1S/C20H19Cl2N5O3S/c1-2-30-19(29)11-17(15-5-3-4-6-16(15)22)23-18(28)12-31-20-24-25-26-27(20)14-9-7-13(21)8-10-14/h3-10,17H,2,11-12H2,1H3,(H,23,28)/t17-/m1/s1. The van der Waals surface area contributed by atoms with Crippen molar-refractivity contribution in [3.05, 3.63) is 64.1 Å². The maximum atomic E-state index is 12.6. The number of nitrogens with zero attached hydrogens (tertiary/aromatic N) is 4. The lowest BCUT2D eigenvalue weighted by Crippen LogP contribution is -2.32. The Kier molecular flexibility index (Phi) is 8.27. The van der Waals surface area contributed by atoms with Crippen LogP contribution < -0.4 is 5.32 Å². The van der Waals surface area contributed by atoms with Crippen LogP contribution in [0.25, 0.3) is 5.69 Å². The Labute approximate surface area is 193 Å². The molecule has 0 saturated heterocycles. The molecule has 1 aromatic heterocycles. The lowest BCUT2D eigenvalue weighted by molar-refractivity contribution is -0.143. The van der Waals surface area contributed by atoms with E-state index in [9.17, 15) is 9.59 Å². The smallest absolute Gasteiger partial charge is 0.308 e. The molecule has 31 heavy (non-hydrogen) atoms. The van der Waals surface area contributed by atoms with Crippen molar-refractivity contribution < 1.29 is 14.3 Å². The number of nitrogens with one attached hydrogen (secondary N) is 1. The minimum Gasteiger partial charge on any atom is -0.466 e. The summed E-state index contributed by atoms with van der Waals surface area (Å²) in [6.07, 6.45) is -0.0313. The zero-order valence-corrected chi connectivity index (χ0v) is 18.8. The molecule has 0 radical (unpaired) electrons. The van der Waals surface area contributed by atoms with Gasteiger partial charge < -0.3 is 10.1 Å². The Hall–Kier alpha value is -2.62. The second-order valence-corrected chi connectivity index (χ2v) is 8.08. The SMILES string of the molecule is CCOC(=O)C[C@@H](NC(=O)CSc1nnnn1-c1ccc(Cl)cc1)c1ccccc1Cl. The van der Waals surface area contributed by atoms with Gasteiger partial charge in [-0.15, -0.1) is 5.10 Å². The Morgan fingerprint density at radius 1 is 1.16 bits per heavy atom. The number of amides is 1. The van der Waals surface area contributed by atoms with E-state index in [4.69, 9.17) is 27.9 Å². The van der Waals surface area contributed by atoms with Gasteiger partial charge in [0.25, 0.3) is 0 Å². The summed E-state index contributed by atoms with van der Waals surface area (Å²) in [5.74, 6) is -0.686. The number of hydrogen-bond donors (Lipinski definition) is 1. The average Bonchev–Trinajstić information content (AvgIpc) is 3.21. The number of carbonyl (C=O) groups excluding carboxylic acids is 2. The van der Waals surface area contributed by atoms with Gasteiger partial charge in [-0.2, -0.15) is 4.68 Å². The van der Waals surface area contributed by atoms with Gasteiger partial charge in [0.15, 0.2) is 0 Å². The normalized spacial score (nSPS) is 11.7. The molecule has 1 amide bonds. The van der Waals surface area contributed by atoms with E-state index in [0.717, 1.165) is 11.8 Å². The van der Waals surface area contributed by atoms with Crippen LogP contribution in [0.4, 0.5) is 0 Å². The maximum Gasteiger partial charge on any atom is 0.308 e. The highest BCUT2D eigenvalue weighted by Crippen LogP contribution is 2.26. The van der Waals surface area contributed by atoms with Crippen molar-refractivity contribution in [1.29, 1.82) is 0 Å². The van der Waals surface area contributed by atoms with Gasteiger partial charge in [-0.3, -0.25) is 9.59 Å². The molecule has 11 heteroatoms. The Balaban J connectivity index is 1.68. The first-order valence-corrected chi connectivity index (χ1v) is 11.1. The average molecular weight is 480 g/mol. The number of benzene rings is 2. The number of tetrazole rings is 1. The third kappa shape index (κ3) is 6.43. The van der Waals surface area contributed by atoms with Gasteiger partial charge in [0.05, 0.1) is 30.5 Å². The van der Waals surface area contributed by atoms with Crippen molar-refractivity contribution in [1.82, 2.24) is 25.5 Å². The van der Waals surface area contributed by atoms with Crippen LogP contribution in [0.15, 0.2) is 53.7 Å². The van der Waals surface area contributed by atoms with Gasteiger partial charge in [0.1, 0.15) is 0 Å². The third-order valence-electron chi connectivity index (χ3n) is 4.14. The van der Waals surface area contributed by atoms with E-state index in [1.807, 2.05) is 0 Å². The number of ether oxygens (including phenoxy) is 1. The molecule has 2 aromatic carbocycles. The first kappa shape index (κ1) is 23.1.